The highest BCUT2D eigenvalue weighted by Crippen LogP contribution is 2.57. The van der Waals surface area contributed by atoms with Crippen LogP contribution >= 0.6 is 7.82 Å². The summed E-state index contributed by atoms with van der Waals surface area (Å²) in [6.45, 7) is 4.96. The van der Waals surface area contributed by atoms with Gasteiger partial charge in [0.05, 0.1) is 31.3 Å². The Kier molecular flexibility index (Phi) is 6.81. The molecule has 0 saturated carbocycles. The van der Waals surface area contributed by atoms with Gasteiger partial charge in [0, 0.05) is 12.6 Å². The van der Waals surface area contributed by atoms with Crippen molar-refractivity contribution in [2.24, 2.45) is 5.73 Å². The Morgan fingerprint density at radius 2 is 2.17 bits per heavy atom. The molecule has 0 radical (unpaired) electrons. The standard InChI is InChI=1S/C18H27N2O9P/c1-11(2)27-15(23)5-4-8-25-30(24)26-10-13-16(29-30)18(3,19)17(28-13)20-7-6-12(21)9-14(20)22/h6-7,11,13,16-17H,4-5,8-10,19H2,1-3H3/t13-,16-,17-,18-,30-/m1/s1. The molecule has 3 heterocycles. The van der Waals surface area contributed by atoms with Gasteiger partial charge in [0.1, 0.15) is 12.2 Å². The second-order valence-electron chi connectivity index (χ2n) is 7.90. The molecular formula is C18H27N2O9P. The van der Waals surface area contributed by atoms with Crippen molar-refractivity contribution in [3.05, 3.63) is 12.3 Å². The van der Waals surface area contributed by atoms with E-state index in [1.807, 2.05) is 0 Å². The van der Waals surface area contributed by atoms with Crippen molar-refractivity contribution >= 4 is 25.5 Å². The number of phosphoric acid groups is 1. The van der Waals surface area contributed by atoms with Gasteiger partial charge in [-0.3, -0.25) is 32.9 Å². The van der Waals surface area contributed by atoms with Crippen molar-refractivity contribution in [1.82, 2.24) is 4.90 Å². The Morgan fingerprint density at radius 3 is 2.83 bits per heavy atom. The average Bonchev–Trinajstić information content (AvgIpc) is 2.89. The van der Waals surface area contributed by atoms with Crippen LogP contribution in [0.15, 0.2) is 12.3 Å². The number of amides is 1. The Bertz CT molecular complexity index is 782. The van der Waals surface area contributed by atoms with Crippen LogP contribution in [-0.2, 0) is 42.0 Å². The quantitative estimate of drug-likeness (QED) is 0.260. The molecule has 3 aliphatic heterocycles. The third kappa shape index (κ3) is 4.99. The minimum Gasteiger partial charge on any atom is -0.463 e. The number of rotatable bonds is 7. The van der Waals surface area contributed by atoms with Crippen LogP contribution in [0, 0.1) is 0 Å². The van der Waals surface area contributed by atoms with Crippen LogP contribution < -0.4 is 5.73 Å². The molecule has 0 bridgehead atoms. The summed E-state index contributed by atoms with van der Waals surface area (Å²) in [5.41, 5.74) is 5.17. The van der Waals surface area contributed by atoms with Gasteiger partial charge in [0.2, 0.25) is 5.91 Å². The topological polar surface area (TPSA) is 144 Å². The number of phosphoric ester groups is 1. The molecule has 12 heteroatoms. The number of carbonyl (C=O) groups is 3. The van der Waals surface area contributed by atoms with E-state index in [9.17, 15) is 18.9 Å². The molecule has 0 unspecified atom stereocenters. The maximum absolute atomic E-state index is 12.8. The Labute approximate surface area is 174 Å². The van der Waals surface area contributed by atoms with E-state index in [1.165, 1.54) is 17.2 Å². The van der Waals surface area contributed by atoms with Crippen molar-refractivity contribution in [2.45, 2.75) is 70.1 Å². The summed E-state index contributed by atoms with van der Waals surface area (Å²) >= 11 is 0. The lowest BCUT2D eigenvalue weighted by Gasteiger charge is -2.38. The molecule has 3 aliphatic rings. The van der Waals surface area contributed by atoms with Crippen LogP contribution in [0.5, 0.6) is 0 Å². The summed E-state index contributed by atoms with van der Waals surface area (Å²) < 4.78 is 39.8. The maximum Gasteiger partial charge on any atom is 0.475 e. The molecule has 0 aromatic carbocycles. The van der Waals surface area contributed by atoms with E-state index < -0.39 is 37.7 Å². The normalized spacial score (nSPS) is 36.3. The number of nitrogens with two attached hydrogens (primary N) is 1. The highest BCUT2D eigenvalue weighted by atomic mass is 31.2. The van der Waals surface area contributed by atoms with Gasteiger partial charge in [-0.2, -0.15) is 0 Å². The van der Waals surface area contributed by atoms with Gasteiger partial charge >= 0.3 is 13.8 Å². The minimum absolute atomic E-state index is 0.0388. The van der Waals surface area contributed by atoms with E-state index >= 15 is 0 Å². The highest BCUT2D eigenvalue weighted by molar-refractivity contribution is 7.48. The number of carbonyl (C=O) groups excluding carboxylic acids is 3. The Balaban J connectivity index is 1.59. The van der Waals surface area contributed by atoms with Crippen molar-refractivity contribution in [2.75, 3.05) is 13.2 Å². The van der Waals surface area contributed by atoms with Gasteiger partial charge in [0.25, 0.3) is 0 Å². The molecule has 2 saturated heterocycles. The number of hydrogen-bond donors (Lipinski definition) is 1. The summed E-state index contributed by atoms with van der Waals surface area (Å²) in [6, 6.07) is 0. The number of nitrogens with zero attached hydrogens (tertiary/aromatic N) is 1. The predicted molar refractivity (Wildman–Crippen MR) is 102 cm³/mol. The molecule has 5 atom stereocenters. The summed E-state index contributed by atoms with van der Waals surface area (Å²) in [7, 11) is -3.93. The van der Waals surface area contributed by atoms with E-state index in [2.05, 4.69) is 0 Å². The minimum atomic E-state index is -3.93. The lowest BCUT2D eigenvalue weighted by Crippen LogP contribution is -2.60. The SMILES string of the molecule is CC(C)OC(=O)CCCO[P@]1(=O)OC[C@H]2O[C@@H](N3C=CC(=O)CC3=O)[C@](C)(N)[C@@H]2O1. The monoisotopic (exact) mass is 446 g/mol. The van der Waals surface area contributed by atoms with Crippen LogP contribution in [0.25, 0.3) is 0 Å². The van der Waals surface area contributed by atoms with Gasteiger partial charge in [-0.1, -0.05) is 0 Å². The molecule has 2 N–H and O–H groups in total. The molecule has 0 spiro atoms. The van der Waals surface area contributed by atoms with Crippen LogP contribution in [-0.4, -0.2) is 65.9 Å². The first-order chi connectivity index (χ1) is 14.0. The first kappa shape index (κ1) is 23.1. The average molecular weight is 446 g/mol. The zero-order valence-corrected chi connectivity index (χ0v) is 18.0. The Morgan fingerprint density at radius 1 is 1.43 bits per heavy atom. The Hall–Kier alpha value is -1.62. The number of fused-ring (bicyclic) bond motifs is 1. The van der Waals surface area contributed by atoms with Crippen molar-refractivity contribution in [3.8, 4) is 0 Å². The second-order valence-corrected chi connectivity index (χ2v) is 9.52. The summed E-state index contributed by atoms with van der Waals surface area (Å²) in [4.78, 5) is 36.5. The van der Waals surface area contributed by atoms with E-state index in [0.717, 1.165) is 0 Å². The fourth-order valence-corrected chi connectivity index (χ4v) is 4.99. The molecule has 0 aliphatic carbocycles. The fourth-order valence-electron chi connectivity index (χ4n) is 3.47. The van der Waals surface area contributed by atoms with Crippen LogP contribution in [0.2, 0.25) is 0 Å². The molecule has 3 rings (SSSR count). The first-order valence-corrected chi connectivity index (χ1v) is 11.2. The number of ketones is 1. The molecule has 11 nitrogen and oxygen atoms in total. The largest absolute Gasteiger partial charge is 0.475 e. The zero-order valence-electron chi connectivity index (χ0n) is 17.1. The van der Waals surface area contributed by atoms with E-state index in [4.69, 9.17) is 28.8 Å². The molecule has 1 amide bonds. The third-order valence-electron chi connectivity index (χ3n) is 4.86. The van der Waals surface area contributed by atoms with Crippen LogP contribution in [0.1, 0.15) is 40.0 Å². The lowest BCUT2D eigenvalue weighted by molar-refractivity contribution is -0.148. The lowest BCUT2D eigenvalue weighted by atomic mass is 9.92. The van der Waals surface area contributed by atoms with Gasteiger partial charge in [-0.15, -0.1) is 0 Å². The first-order valence-electron chi connectivity index (χ1n) is 9.75. The van der Waals surface area contributed by atoms with Gasteiger partial charge in [-0.05, 0) is 33.3 Å². The summed E-state index contributed by atoms with van der Waals surface area (Å²) in [5, 5.41) is 0. The van der Waals surface area contributed by atoms with Crippen LogP contribution in [0.4, 0.5) is 0 Å². The molecular weight excluding hydrogens is 419 g/mol. The number of allylic oxidation sites excluding steroid dienone is 1. The van der Waals surface area contributed by atoms with E-state index in [1.54, 1.807) is 20.8 Å². The smallest absolute Gasteiger partial charge is 0.463 e. The molecule has 2 fully saturated rings. The zero-order chi connectivity index (χ0) is 22.1. The number of esters is 1. The molecule has 0 aromatic rings. The summed E-state index contributed by atoms with van der Waals surface area (Å²) in [5.74, 6) is -1.13. The highest BCUT2D eigenvalue weighted by Gasteiger charge is 2.60. The maximum atomic E-state index is 12.8. The predicted octanol–water partition coefficient (Wildman–Crippen LogP) is 1.02. The molecule has 30 heavy (non-hydrogen) atoms. The molecule has 168 valence electrons. The van der Waals surface area contributed by atoms with Gasteiger partial charge in [-0.25, -0.2) is 4.57 Å². The van der Waals surface area contributed by atoms with E-state index in [-0.39, 0.29) is 50.3 Å². The van der Waals surface area contributed by atoms with E-state index in [0.29, 0.717) is 0 Å². The van der Waals surface area contributed by atoms with Gasteiger partial charge < -0.3 is 15.2 Å². The summed E-state index contributed by atoms with van der Waals surface area (Å²) in [6.07, 6.45) is 0.0267. The fraction of sp³-hybridized carbons (Fsp3) is 0.722. The second kappa shape index (κ2) is 8.86. The van der Waals surface area contributed by atoms with Crippen molar-refractivity contribution < 1.29 is 42.0 Å². The van der Waals surface area contributed by atoms with Gasteiger partial charge in [0.15, 0.2) is 12.0 Å². The number of hydrogen-bond acceptors (Lipinski definition) is 10. The van der Waals surface area contributed by atoms with Crippen LogP contribution in [0.3, 0.4) is 0 Å². The van der Waals surface area contributed by atoms with Crippen molar-refractivity contribution in [3.63, 3.8) is 0 Å². The third-order valence-corrected chi connectivity index (χ3v) is 6.30. The molecule has 0 aromatic heterocycles. The van der Waals surface area contributed by atoms with Crippen molar-refractivity contribution in [1.29, 1.82) is 0 Å². The number of ether oxygens (including phenoxy) is 2.